The maximum atomic E-state index is 12.1. The zero-order valence-electron chi connectivity index (χ0n) is 12.7. The van der Waals surface area contributed by atoms with Crippen LogP contribution in [-0.4, -0.2) is 35.7 Å². The zero-order chi connectivity index (χ0) is 16.1. The maximum absolute atomic E-state index is 12.1. The molecule has 6 heteroatoms. The first-order valence-corrected chi connectivity index (χ1v) is 8.01. The van der Waals surface area contributed by atoms with Crippen LogP contribution in [0.15, 0.2) is 29.2 Å². The molecule has 0 aromatic heterocycles. The Kier molecular flexibility index (Phi) is 5.63. The molecule has 0 bridgehead atoms. The lowest BCUT2D eigenvalue weighted by atomic mass is 10.2. The van der Waals surface area contributed by atoms with Gasteiger partial charge in [-0.05, 0) is 41.5 Å². The lowest BCUT2D eigenvalue weighted by molar-refractivity contribution is -0.122. The number of hydrogen-bond donors (Lipinski definition) is 1. The van der Waals surface area contributed by atoms with Crippen molar-refractivity contribution in [3.8, 4) is 5.75 Å². The lowest BCUT2D eigenvalue weighted by Crippen LogP contribution is -2.33. The number of thioether (sulfide) groups is 1. The minimum atomic E-state index is -0.277. The number of nitrogens with two attached hydrogens (primary N) is 1. The summed E-state index contributed by atoms with van der Waals surface area (Å²) in [6.45, 7) is 5.37. The molecule has 1 aromatic rings. The van der Waals surface area contributed by atoms with E-state index >= 15 is 0 Å². The molecule has 1 aliphatic rings. The number of amides is 2. The van der Waals surface area contributed by atoms with Crippen LogP contribution in [-0.2, 0) is 4.79 Å². The van der Waals surface area contributed by atoms with Crippen LogP contribution < -0.4 is 10.5 Å². The number of hydrogen-bond acceptors (Lipinski definition) is 5. The maximum Gasteiger partial charge on any atom is 0.293 e. The molecule has 5 nitrogen and oxygen atoms in total. The van der Waals surface area contributed by atoms with Crippen LogP contribution in [0.1, 0.15) is 19.4 Å². The summed E-state index contributed by atoms with van der Waals surface area (Å²) in [5.41, 5.74) is 6.26. The summed E-state index contributed by atoms with van der Waals surface area (Å²) in [7, 11) is 0. The Labute approximate surface area is 134 Å². The van der Waals surface area contributed by atoms with E-state index < -0.39 is 0 Å². The smallest absolute Gasteiger partial charge is 0.293 e. The molecule has 118 valence electrons. The van der Waals surface area contributed by atoms with Gasteiger partial charge in [-0.1, -0.05) is 26.0 Å². The van der Waals surface area contributed by atoms with Crippen LogP contribution in [0.3, 0.4) is 0 Å². The van der Waals surface area contributed by atoms with Gasteiger partial charge in [0.2, 0.25) is 0 Å². The standard InChI is InChI=1S/C16H20N2O3S/c1-11(2)10-21-13-5-3-12(4-6-13)9-14-15(19)18(8-7-17)16(20)22-14/h3-6,9,11H,7-8,10,17H2,1-2H3/b14-9-. The molecule has 0 aliphatic carbocycles. The Balaban J connectivity index is 2.06. The van der Waals surface area contributed by atoms with E-state index in [-0.39, 0.29) is 24.2 Å². The molecule has 2 rings (SSSR count). The van der Waals surface area contributed by atoms with Gasteiger partial charge < -0.3 is 10.5 Å². The molecule has 1 saturated heterocycles. The molecule has 0 atom stereocenters. The van der Waals surface area contributed by atoms with Gasteiger partial charge in [-0.3, -0.25) is 14.5 Å². The van der Waals surface area contributed by atoms with E-state index in [9.17, 15) is 9.59 Å². The topological polar surface area (TPSA) is 72.6 Å². The molecule has 0 radical (unpaired) electrons. The fourth-order valence-corrected chi connectivity index (χ4v) is 2.76. The Bertz CT molecular complexity index is 582. The van der Waals surface area contributed by atoms with Crippen molar-refractivity contribution >= 4 is 29.0 Å². The van der Waals surface area contributed by atoms with Gasteiger partial charge >= 0.3 is 0 Å². The van der Waals surface area contributed by atoms with Crippen LogP contribution in [0, 0.1) is 5.92 Å². The third kappa shape index (κ3) is 4.11. The highest BCUT2D eigenvalue weighted by atomic mass is 32.2. The molecular weight excluding hydrogens is 300 g/mol. The van der Waals surface area contributed by atoms with Gasteiger partial charge in [-0.2, -0.15) is 0 Å². The highest BCUT2D eigenvalue weighted by Crippen LogP contribution is 2.32. The Morgan fingerprint density at radius 1 is 1.27 bits per heavy atom. The number of nitrogens with zero attached hydrogens (tertiary/aromatic N) is 1. The molecule has 0 saturated carbocycles. The van der Waals surface area contributed by atoms with Crippen LogP contribution in [0.5, 0.6) is 5.75 Å². The van der Waals surface area contributed by atoms with Crippen LogP contribution in [0.4, 0.5) is 4.79 Å². The number of carbonyl (C=O) groups excluding carboxylic acids is 2. The average molecular weight is 320 g/mol. The van der Waals surface area contributed by atoms with Crippen LogP contribution >= 0.6 is 11.8 Å². The van der Waals surface area contributed by atoms with E-state index in [1.165, 1.54) is 4.90 Å². The summed E-state index contributed by atoms with van der Waals surface area (Å²) in [6.07, 6.45) is 1.72. The van der Waals surface area contributed by atoms with E-state index in [4.69, 9.17) is 10.5 Å². The fourth-order valence-electron chi connectivity index (χ4n) is 1.90. The van der Waals surface area contributed by atoms with Gasteiger partial charge in [0.1, 0.15) is 5.75 Å². The number of benzene rings is 1. The van der Waals surface area contributed by atoms with E-state index in [0.717, 1.165) is 23.1 Å². The molecular formula is C16H20N2O3S. The summed E-state index contributed by atoms with van der Waals surface area (Å²) < 4.78 is 5.61. The van der Waals surface area contributed by atoms with E-state index in [1.807, 2.05) is 24.3 Å². The summed E-state index contributed by atoms with van der Waals surface area (Å²) in [5.74, 6) is 0.983. The van der Waals surface area contributed by atoms with Crippen LogP contribution in [0.2, 0.25) is 0 Å². The molecule has 2 N–H and O–H groups in total. The van der Waals surface area contributed by atoms with Gasteiger partial charge in [0, 0.05) is 13.1 Å². The predicted octanol–water partition coefficient (Wildman–Crippen LogP) is 2.72. The third-order valence-corrected chi connectivity index (χ3v) is 3.89. The third-order valence-electron chi connectivity index (χ3n) is 2.99. The first-order chi connectivity index (χ1) is 10.5. The fraction of sp³-hybridized carbons (Fsp3) is 0.375. The summed E-state index contributed by atoms with van der Waals surface area (Å²) in [5, 5.41) is -0.265. The molecule has 1 heterocycles. The number of rotatable bonds is 6. The summed E-state index contributed by atoms with van der Waals surface area (Å²) in [6, 6.07) is 7.45. The van der Waals surface area contributed by atoms with Gasteiger partial charge in [-0.15, -0.1) is 0 Å². The van der Waals surface area contributed by atoms with E-state index in [2.05, 4.69) is 13.8 Å². The zero-order valence-corrected chi connectivity index (χ0v) is 13.6. The highest BCUT2D eigenvalue weighted by molar-refractivity contribution is 8.18. The van der Waals surface area contributed by atoms with Gasteiger partial charge in [0.05, 0.1) is 11.5 Å². The van der Waals surface area contributed by atoms with E-state index in [1.54, 1.807) is 6.08 Å². The lowest BCUT2D eigenvalue weighted by Gasteiger charge is -2.09. The monoisotopic (exact) mass is 320 g/mol. The average Bonchev–Trinajstić information content (AvgIpc) is 2.74. The van der Waals surface area contributed by atoms with Crippen molar-refractivity contribution in [3.63, 3.8) is 0 Å². The first kappa shape index (κ1) is 16.6. The summed E-state index contributed by atoms with van der Waals surface area (Å²) >= 11 is 0.947. The van der Waals surface area contributed by atoms with Gasteiger partial charge in [-0.25, -0.2) is 0 Å². The van der Waals surface area contributed by atoms with E-state index in [0.29, 0.717) is 17.4 Å². The molecule has 0 spiro atoms. The largest absolute Gasteiger partial charge is 0.493 e. The van der Waals surface area contributed by atoms with Crippen molar-refractivity contribution in [1.29, 1.82) is 0 Å². The quantitative estimate of drug-likeness (QED) is 0.816. The van der Waals surface area contributed by atoms with Crippen molar-refractivity contribution in [1.82, 2.24) is 4.90 Å². The van der Waals surface area contributed by atoms with Crippen molar-refractivity contribution in [2.45, 2.75) is 13.8 Å². The Hall–Kier alpha value is -1.79. The van der Waals surface area contributed by atoms with Crippen molar-refractivity contribution in [2.24, 2.45) is 11.7 Å². The normalized spacial score (nSPS) is 16.9. The molecule has 2 amide bonds. The van der Waals surface area contributed by atoms with Gasteiger partial charge in [0.15, 0.2) is 0 Å². The van der Waals surface area contributed by atoms with Crippen LogP contribution in [0.25, 0.3) is 6.08 Å². The molecule has 0 unspecified atom stereocenters. The minimum Gasteiger partial charge on any atom is -0.493 e. The number of ether oxygens (including phenoxy) is 1. The van der Waals surface area contributed by atoms with Crippen molar-refractivity contribution < 1.29 is 14.3 Å². The minimum absolute atomic E-state index is 0.254. The number of carbonyl (C=O) groups is 2. The van der Waals surface area contributed by atoms with Gasteiger partial charge in [0.25, 0.3) is 11.1 Å². The van der Waals surface area contributed by atoms with Crippen molar-refractivity contribution in [2.75, 3.05) is 19.7 Å². The first-order valence-electron chi connectivity index (χ1n) is 7.19. The number of imide groups is 1. The van der Waals surface area contributed by atoms with Crippen molar-refractivity contribution in [3.05, 3.63) is 34.7 Å². The SMILES string of the molecule is CC(C)COc1ccc(/C=C2\SC(=O)N(CCN)C2=O)cc1. The molecule has 1 aromatic carbocycles. The Morgan fingerprint density at radius 3 is 2.55 bits per heavy atom. The molecule has 22 heavy (non-hydrogen) atoms. The Morgan fingerprint density at radius 2 is 1.95 bits per heavy atom. The molecule has 1 aliphatic heterocycles. The highest BCUT2D eigenvalue weighted by Gasteiger charge is 2.34. The molecule has 1 fully saturated rings. The second-order valence-electron chi connectivity index (χ2n) is 5.40. The second kappa shape index (κ2) is 7.47. The second-order valence-corrected chi connectivity index (χ2v) is 6.39. The summed E-state index contributed by atoms with van der Waals surface area (Å²) in [4.78, 5) is 25.4. The predicted molar refractivity (Wildman–Crippen MR) is 88.5 cm³/mol.